The topological polar surface area (TPSA) is 85.3 Å². The molecule has 0 radical (unpaired) electrons. The molecular weight excluding hydrogens is 224 g/mol. The molecule has 0 aliphatic carbocycles. The van der Waals surface area contributed by atoms with E-state index in [4.69, 9.17) is 9.52 Å². The zero-order valence-electron chi connectivity index (χ0n) is 9.08. The van der Waals surface area contributed by atoms with Crippen LogP contribution in [0.25, 0.3) is 0 Å². The fourth-order valence-electron chi connectivity index (χ4n) is 1.40. The van der Waals surface area contributed by atoms with Crippen LogP contribution in [0.3, 0.4) is 0 Å². The summed E-state index contributed by atoms with van der Waals surface area (Å²) >= 11 is 0. The van der Waals surface area contributed by atoms with Gasteiger partial charge in [-0.05, 0) is 13.0 Å². The van der Waals surface area contributed by atoms with E-state index in [-0.39, 0.29) is 17.7 Å². The Bertz CT molecular complexity index is 612. The molecule has 0 spiro atoms. The summed E-state index contributed by atoms with van der Waals surface area (Å²) in [7, 11) is 0. The minimum Gasteiger partial charge on any atom is -0.478 e. The second-order valence-electron chi connectivity index (χ2n) is 3.55. The van der Waals surface area contributed by atoms with E-state index >= 15 is 0 Å². The van der Waals surface area contributed by atoms with Crippen LogP contribution in [0.1, 0.15) is 22.0 Å². The van der Waals surface area contributed by atoms with E-state index < -0.39 is 5.97 Å². The highest BCUT2D eigenvalue weighted by Crippen LogP contribution is 2.04. The maximum atomic E-state index is 11.5. The third-order valence-corrected chi connectivity index (χ3v) is 2.21. The molecule has 0 amide bonds. The Balaban J connectivity index is 2.35. The van der Waals surface area contributed by atoms with Crippen molar-refractivity contribution in [3.8, 4) is 0 Å². The Morgan fingerprint density at radius 1 is 1.53 bits per heavy atom. The Morgan fingerprint density at radius 2 is 2.29 bits per heavy atom. The van der Waals surface area contributed by atoms with Gasteiger partial charge in [0, 0.05) is 12.3 Å². The van der Waals surface area contributed by atoms with E-state index in [1.807, 2.05) is 0 Å². The van der Waals surface area contributed by atoms with Crippen LogP contribution in [0.2, 0.25) is 0 Å². The highest BCUT2D eigenvalue weighted by molar-refractivity contribution is 5.87. The van der Waals surface area contributed by atoms with Crippen molar-refractivity contribution in [1.29, 1.82) is 0 Å². The zero-order valence-corrected chi connectivity index (χ0v) is 9.08. The standard InChI is InChI=1S/C11H10N2O4/c1-7-4-12-9(17-7)6-13-5-8(11(15)16)2-3-10(13)14/h2-5H,6H2,1H3,(H,15,16). The Hall–Kier alpha value is -2.37. The molecule has 0 aliphatic heterocycles. The summed E-state index contributed by atoms with van der Waals surface area (Å²) < 4.78 is 6.47. The molecule has 17 heavy (non-hydrogen) atoms. The molecule has 0 bridgehead atoms. The summed E-state index contributed by atoms with van der Waals surface area (Å²) in [5.41, 5.74) is -0.251. The number of rotatable bonds is 3. The predicted octanol–water partition coefficient (Wildman–Crippen LogP) is 0.891. The molecule has 88 valence electrons. The molecule has 0 aliphatic rings. The molecule has 6 heteroatoms. The lowest BCUT2D eigenvalue weighted by Crippen LogP contribution is -2.20. The van der Waals surface area contributed by atoms with Gasteiger partial charge in [0.25, 0.3) is 5.56 Å². The molecule has 1 N–H and O–H groups in total. The lowest BCUT2D eigenvalue weighted by atomic mass is 10.3. The highest BCUT2D eigenvalue weighted by atomic mass is 16.4. The molecule has 0 fully saturated rings. The van der Waals surface area contributed by atoms with Crippen LogP contribution in [0.5, 0.6) is 0 Å². The van der Waals surface area contributed by atoms with Crippen LogP contribution in [0.15, 0.2) is 33.7 Å². The van der Waals surface area contributed by atoms with Gasteiger partial charge in [-0.2, -0.15) is 0 Å². The van der Waals surface area contributed by atoms with Gasteiger partial charge >= 0.3 is 5.97 Å². The van der Waals surface area contributed by atoms with Gasteiger partial charge in [0.1, 0.15) is 12.3 Å². The van der Waals surface area contributed by atoms with Gasteiger partial charge in [-0.1, -0.05) is 0 Å². The summed E-state index contributed by atoms with van der Waals surface area (Å²) in [5, 5.41) is 8.82. The summed E-state index contributed by atoms with van der Waals surface area (Å²) in [6, 6.07) is 2.47. The number of hydrogen-bond acceptors (Lipinski definition) is 4. The lowest BCUT2D eigenvalue weighted by molar-refractivity contribution is 0.0695. The molecule has 2 aromatic rings. The van der Waals surface area contributed by atoms with Crippen molar-refractivity contribution in [2.75, 3.05) is 0 Å². The molecule has 2 rings (SSSR count). The normalized spacial score (nSPS) is 10.4. The van der Waals surface area contributed by atoms with E-state index in [1.165, 1.54) is 22.9 Å². The van der Waals surface area contributed by atoms with Crippen LogP contribution >= 0.6 is 0 Å². The highest BCUT2D eigenvalue weighted by Gasteiger charge is 2.07. The van der Waals surface area contributed by atoms with Gasteiger partial charge in [0.15, 0.2) is 0 Å². The number of aromatic carboxylic acids is 1. The number of aromatic nitrogens is 2. The third kappa shape index (κ3) is 2.41. The summed E-state index contributed by atoms with van der Waals surface area (Å²) in [4.78, 5) is 26.2. The zero-order chi connectivity index (χ0) is 12.4. The average molecular weight is 234 g/mol. The van der Waals surface area contributed by atoms with Gasteiger partial charge in [-0.3, -0.25) is 4.79 Å². The molecule has 2 heterocycles. The first-order valence-corrected chi connectivity index (χ1v) is 4.91. The third-order valence-electron chi connectivity index (χ3n) is 2.21. The monoisotopic (exact) mass is 234 g/mol. The van der Waals surface area contributed by atoms with Gasteiger partial charge in [-0.25, -0.2) is 9.78 Å². The number of carbonyl (C=O) groups is 1. The number of aryl methyl sites for hydroxylation is 1. The van der Waals surface area contributed by atoms with Crippen molar-refractivity contribution in [3.63, 3.8) is 0 Å². The van der Waals surface area contributed by atoms with Gasteiger partial charge in [0.05, 0.1) is 11.8 Å². The van der Waals surface area contributed by atoms with Gasteiger partial charge in [0.2, 0.25) is 5.89 Å². The Labute approximate surface area is 96.1 Å². The van der Waals surface area contributed by atoms with Crippen molar-refractivity contribution >= 4 is 5.97 Å². The van der Waals surface area contributed by atoms with Gasteiger partial charge in [-0.15, -0.1) is 0 Å². The first-order valence-electron chi connectivity index (χ1n) is 4.91. The number of carboxylic acids is 1. The van der Waals surface area contributed by atoms with Crippen molar-refractivity contribution in [2.24, 2.45) is 0 Å². The first-order chi connectivity index (χ1) is 8.06. The van der Waals surface area contributed by atoms with Crippen LogP contribution in [0.4, 0.5) is 0 Å². The van der Waals surface area contributed by atoms with Crippen molar-refractivity contribution in [2.45, 2.75) is 13.5 Å². The van der Waals surface area contributed by atoms with Crippen molar-refractivity contribution in [3.05, 3.63) is 52.1 Å². The number of pyridine rings is 1. The average Bonchev–Trinajstić information content (AvgIpc) is 2.67. The Morgan fingerprint density at radius 3 is 2.88 bits per heavy atom. The maximum Gasteiger partial charge on any atom is 0.337 e. The Kier molecular flexibility index (Phi) is 2.78. The SMILES string of the molecule is Cc1cnc(Cn2cc(C(=O)O)ccc2=O)o1. The molecule has 0 saturated carbocycles. The fraction of sp³-hybridized carbons (Fsp3) is 0.182. The van der Waals surface area contributed by atoms with Gasteiger partial charge < -0.3 is 14.1 Å². The first kappa shape index (κ1) is 11.1. The van der Waals surface area contributed by atoms with E-state index in [9.17, 15) is 9.59 Å². The minimum atomic E-state index is -1.08. The second kappa shape index (κ2) is 4.25. The minimum absolute atomic E-state index is 0.0490. The van der Waals surface area contributed by atoms with E-state index in [1.54, 1.807) is 13.1 Å². The quantitative estimate of drug-likeness (QED) is 0.852. The van der Waals surface area contributed by atoms with Crippen molar-refractivity contribution in [1.82, 2.24) is 9.55 Å². The molecule has 6 nitrogen and oxygen atoms in total. The van der Waals surface area contributed by atoms with Crippen LogP contribution in [0, 0.1) is 6.92 Å². The second-order valence-corrected chi connectivity index (χ2v) is 3.55. The smallest absolute Gasteiger partial charge is 0.337 e. The maximum absolute atomic E-state index is 11.5. The number of hydrogen-bond donors (Lipinski definition) is 1. The summed E-state index contributed by atoms with van der Waals surface area (Å²) in [6.45, 7) is 1.86. The van der Waals surface area contributed by atoms with Crippen molar-refractivity contribution < 1.29 is 14.3 Å². The number of nitrogens with zero attached hydrogens (tertiary/aromatic N) is 2. The molecule has 0 atom stereocenters. The van der Waals surface area contributed by atoms with E-state index in [2.05, 4.69) is 4.98 Å². The van der Waals surface area contributed by atoms with E-state index in [0.717, 1.165) is 0 Å². The van der Waals surface area contributed by atoms with E-state index in [0.29, 0.717) is 11.7 Å². The summed E-state index contributed by atoms with van der Waals surface area (Å²) in [6.07, 6.45) is 2.81. The van der Waals surface area contributed by atoms with Crippen LogP contribution in [-0.2, 0) is 6.54 Å². The molecule has 0 unspecified atom stereocenters. The molecule has 0 saturated heterocycles. The predicted molar refractivity (Wildman–Crippen MR) is 58.0 cm³/mol. The van der Waals surface area contributed by atoms with Crippen LogP contribution in [-0.4, -0.2) is 20.6 Å². The largest absolute Gasteiger partial charge is 0.478 e. The molecule has 0 aromatic carbocycles. The molecule has 2 aromatic heterocycles. The number of carboxylic acid groups (broad SMARTS) is 1. The fourth-order valence-corrected chi connectivity index (χ4v) is 1.40. The summed E-state index contributed by atoms with van der Waals surface area (Å²) in [5.74, 6) is -0.0723. The lowest BCUT2D eigenvalue weighted by Gasteiger charge is -2.03. The number of oxazole rings is 1. The molecular formula is C11H10N2O4. The van der Waals surface area contributed by atoms with Crippen LogP contribution < -0.4 is 5.56 Å².